The Morgan fingerprint density at radius 2 is 0.881 bits per heavy atom. The molecule has 0 spiro atoms. The van der Waals surface area contributed by atoms with Crippen molar-refractivity contribution in [3.8, 4) is 56.7 Å². The van der Waals surface area contributed by atoms with Gasteiger partial charge >= 0.3 is 0 Å². The van der Waals surface area contributed by atoms with Gasteiger partial charge in [-0.25, -0.2) is 4.98 Å². The maximum absolute atomic E-state index is 5.24. The van der Waals surface area contributed by atoms with Gasteiger partial charge in [0.05, 0.1) is 22.1 Å². The molecule has 3 heterocycles. The number of para-hydroxylation sites is 3. The third kappa shape index (κ3) is 5.01. The van der Waals surface area contributed by atoms with Crippen LogP contribution < -0.4 is 0 Å². The molecule has 1 aliphatic carbocycles. The summed E-state index contributed by atoms with van der Waals surface area (Å²) in [6.07, 6.45) is 0. The summed E-state index contributed by atoms with van der Waals surface area (Å²) in [4.78, 5) is 15.6. The summed E-state index contributed by atoms with van der Waals surface area (Å²) in [5.41, 5.74) is 15.1. The van der Waals surface area contributed by atoms with Crippen LogP contribution in [0.15, 0.2) is 188 Å². The predicted molar refractivity (Wildman–Crippen MR) is 242 cm³/mol. The van der Waals surface area contributed by atoms with Crippen molar-refractivity contribution in [1.29, 1.82) is 0 Å². The molecule has 0 amide bonds. The van der Waals surface area contributed by atoms with Crippen molar-refractivity contribution in [1.82, 2.24) is 24.1 Å². The highest BCUT2D eigenvalue weighted by atomic mass is 15.2. The molecule has 11 aromatic rings. The Kier molecular flexibility index (Phi) is 7.20. The monoisotopic (exact) mass is 755 g/mol. The van der Waals surface area contributed by atoms with E-state index in [0.29, 0.717) is 17.6 Å². The molecule has 0 bridgehead atoms. The fourth-order valence-electron chi connectivity index (χ4n) is 9.59. The molecule has 0 fully saturated rings. The van der Waals surface area contributed by atoms with Gasteiger partial charge in [-0.3, -0.25) is 4.57 Å². The SMILES string of the molecule is CC1(C)c2ccccc2-c2c1ccc1c2c2ccccc2n1-c1ccc(-c2nc(-c3ccc(-c4ccccc4)cc3)nc(-n3c4ccccc4c4ccccc43)n2)cc1. The van der Waals surface area contributed by atoms with Gasteiger partial charge in [-0.1, -0.05) is 153 Å². The summed E-state index contributed by atoms with van der Waals surface area (Å²) in [5.74, 6) is 1.82. The number of fused-ring (bicyclic) bond motifs is 10. The zero-order valence-electron chi connectivity index (χ0n) is 32.6. The van der Waals surface area contributed by atoms with Gasteiger partial charge in [0.2, 0.25) is 5.95 Å². The van der Waals surface area contributed by atoms with Gasteiger partial charge in [0.1, 0.15) is 0 Å². The van der Waals surface area contributed by atoms with Crippen LogP contribution in [0.2, 0.25) is 0 Å². The topological polar surface area (TPSA) is 48.5 Å². The average Bonchev–Trinajstić information content (AvgIpc) is 3.90. The minimum atomic E-state index is -0.0730. The minimum absolute atomic E-state index is 0.0730. The molecule has 0 atom stereocenters. The first-order chi connectivity index (χ1) is 29.0. The zero-order chi connectivity index (χ0) is 39.2. The van der Waals surface area contributed by atoms with Crippen LogP contribution in [-0.2, 0) is 5.41 Å². The van der Waals surface area contributed by atoms with Crippen molar-refractivity contribution in [3.63, 3.8) is 0 Å². The molecule has 0 saturated carbocycles. The van der Waals surface area contributed by atoms with E-state index in [1.54, 1.807) is 0 Å². The van der Waals surface area contributed by atoms with Crippen LogP contribution in [0.5, 0.6) is 0 Å². The molecule has 278 valence electrons. The van der Waals surface area contributed by atoms with Crippen LogP contribution in [0.25, 0.3) is 100 Å². The lowest BCUT2D eigenvalue weighted by Crippen LogP contribution is -2.14. The van der Waals surface area contributed by atoms with Crippen LogP contribution in [0.3, 0.4) is 0 Å². The van der Waals surface area contributed by atoms with E-state index in [1.807, 2.05) is 6.07 Å². The van der Waals surface area contributed by atoms with E-state index in [9.17, 15) is 0 Å². The van der Waals surface area contributed by atoms with Gasteiger partial charge in [-0.2, -0.15) is 9.97 Å². The summed E-state index contributed by atoms with van der Waals surface area (Å²) in [5, 5.41) is 4.88. The number of hydrogen-bond acceptors (Lipinski definition) is 3. The van der Waals surface area contributed by atoms with Crippen molar-refractivity contribution in [3.05, 3.63) is 199 Å². The van der Waals surface area contributed by atoms with E-state index < -0.39 is 0 Å². The van der Waals surface area contributed by atoms with E-state index in [2.05, 4.69) is 205 Å². The first kappa shape index (κ1) is 33.5. The lowest BCUT2D eigenvalue weighted by molar-refractivity contribution is 0.661. The highest BCUT2D eigenvalue weighted by Gasteiger charge is 2.37. The fraction of sp³-hybridized carbons (Fsp3) is 0.0556. The lowest BCUT2D eigenvalue weighted by Gasteiger charge is -2.21. The normalized spacial score (nSPS) is 13.1. The van der Waals surface area contributed by atoms with E-state index in [1.165, 1.54) is 49.6 Å². The van der Waals surface area contributed by atoms with Crippen molar-refractivity contribution in [2.24, 2.45) is 0 Å². The molecule has 0 unspecified atom stereocenters. The predicted octanol–water partition coefficient (Wildman–Crippen LogP) is 13.4. The molecule has 59 heavy (non-hydrogen) atoms. The van der Waals surface area contributed by atoms with Crippen LogP contribution >= 0.6 is 0 Å². The van der Waals surface area contributed by atoms with Gasteiger partial charge in [-0.05, 0) is 81.9 Å². The molecule has 3 aromatic heterocycles. The third-order valence-electron chi connectivity index (χ3n) is 12.4. The van der Waals surface area contributed by atoms with Crippen LogP contribution in [-0.4, -0.2) is 24.1 Å². The first-order valence-corrected chi connectivity index (χ1v) is 20.2. The van der Waals surface area contributed by atoms with Gasteiger partial charge in [0.15, 0.2) is 11.6 Å². The van der Waals surface area contributed by atoms with Crippen LogP contribution in [0.1, 0.15) is 25.0 Å². The second-order valence-electron chi connectivity index (χ2n) is 16.0. The number of hydrogen-bond donors (Lipinski definition) is 0. The Bertz CT molecular complexity index is 3390. The molecule has 8 aromatic carbocycles. The Balaban J connectivity index is 1.03. The quantitative estimate of drug-likeness (QED) is 0.176. The standard InChI is InChI=1S/C54H37N5/c1-54(2)43-20-10-6-18-41(43)49-44(54)32-33-48-50(49)42-19-9-13-23-47(42)58(48)38-30-28-37(29-31-38)52-55-51(36-26-24-35(25-27-36)34-14-4-3-5-15-34)56-53(57-52)59-45-21-11-7-16-39(45)40-17-8-12-22-46(40)59/h3-33H,1-2H3. The lowest BCUT2D eigenvalue weighted by atomic mass is 9.82. The van der Waals surface area contributed by atoms with E-state index >= 15 is 0 Å². The average molecular weight is 756 g/mol. The number of benzene rings is 8. The zero-order valence-corrected chi connectivity index (χ0v) is 32.6. The largest absolute Gasteiger partial charge is 0.309 e. The van der Waals surface area contributed by atoms with Gasteiger partial charge in [0, 0.05) is 43.8 Å². The Labute approximate surface area is 341 Å². The number of rotatable bonds is 5. The third-order valence-corrected chi connectivity index (χ3v) is 12.4. The minimum Gasteiger partial charge on any atom is -0.309 e. The summed E-state index contributed by atoms with van der Waals surface area (Å²) < 4.78 is 4.57. The molecular formula is C54H37N5. The molecule has 0 saturated heterocycles. The molecule has 12 rings (SSSR count). The molecule has 5 heteroatoms. The highest BCUT2D eigenvalue weighted by Crippen LogP contribution is 2.53. The summed E-state index contributed by atoms with van der Waals surface area (Å²) in [6, 6.07) is 66.9. The van der Waals surface area contributed by atoms with E-state index in [0.717, 1.165) is 44.2 Å². The second kappa shape index (κ2) is 12.7. The van der Waals surface area contributed by atoms with E-state index in [4.69, 9.17) is 15.0 Å². The first-order valence-electron chi connectivity index (χ1n) is 20.2. The fourth-order valence-corrected chi connectivity index (χ4v) is 9.59. The summed E-state index contributed by atoms with van der Waals surface area (Å²) >= 11 is 0. The van der Waals surface area contributed by atoms with Crippen molar-refractivity contribution >= 4 is 43.6 Å². The molecule has 1 aliphatic rings. The Morgan fingerprint density at radius 1 is 0.373 bits per heavy atom. The second-order valence-corrected chi connectivity index (χ2v) is 16.0. The summed E-state index contributed by atoms with van der Waals surface area (Å²) in [7, 11) is 0. The van der Waals surface area contributed by atoms with Gasteiger partial charge < -0.3 is 4.57 Å². The smallest absolute Gasteiger partial charge is 0.238 e. The Hall–Kier alpha value is -7.63. The van der Waals surface area contributed by atoms with Gasteiger partial charge in [0.25, 0.3) is 0 Å². The number of aromatic nitrogens is 5. The number of nitrogens with zero attached hydrogens (tertiary/aromatic N) is 5. The molecule has 0 N–H and O–H groups in total. The molecule has 5 nitrogen and oxygen atoms in total. The molecular weight excluding hydrogens is 719 g/mol. The van der Waals surface area contributed by atoms with E-state index in [-0.39, 0.29) is 5.41 Å². The Morgan fingerprint density at radius 3 is 1.54 bits per heavy atom. The maximum Gasteiger partial charge on any atom is 0.238 e. The molecule has 0 radical (unpaired) electrons. The maximum atomic E-state index is 5.24. The van der Waals surface area contributed by atoms with Crippen molar-refractivity contribution < 1.29 is 0 Å². The van der Waals surface area contributed by atoms with Crippen LogP contribution in [0.4, 0.5) is 0 Å². The van der Waals surface area contributed by atoms with Crippen molar-refractivity contribution in [2.75, 3.05) is 0 Å². The van der Waals surface area contributed by atoms with Crippen LogP contribution in [0, 0.1) is 0 Å². The summed E-state index contributed by atoms with van der Waals surface area (Å²) in [6.45, 7) is 4.70. The highest BCUT2D eigenvalue weighted by molar-refractivity contribution is 6.18. The van der Waals surface area contributed by atoms with Gasteiger partial charge in [-0.15, -0.1) is 0 Å². The molecule has 0 aliphatic heterocycles. The van der Waals surface area contributed by atoms with Crippen molar-refractivity contribution in [2.45, 2.75) is 19.3 Å².